The zero-order valence-corrected chi connectivity index (χ0v) is 8.64. The van der Waals surface area contributed by atoms with Gasteiger partial charge in [0.2, 0.25) is 0 Å². The van der Waals surface area contributed by atoms with Crippen LogP contribution in [0.5, 0.6) is 0 Å². The van der Waals surface area contributed by atoms with Gasteiger partial charge >= 0.3 is 0 Å². The van der Waals surface area contributed by atoms with Crippen molar-refractivity contribution in [3.63, 3.8) is 0 Å². The molecule has 66 valence electrons. The van der Waals surface area contributed by atoms with E-state index >= 15 is 0 Å². The first-order chi connectivity index (χ1) is 6.27. The fraction of sp³-hybridized carbons (Fsp3) is 0. The normalized spacial score (nSPS) is 10.3. The van der Waals surface area contributed by atoms with Gasteiger partial charge in [-0.3, -0.25) is 0 Å². The summed E-state index contributed by atoms with van der Waals surface area (Å²) in [5.41, 5.74) is 0.833. The van der Waals surface area contributed by atoms with E-state index in [1.807, 2.05) is 0 Å². The predicted octanol–water partition coefficient (Wildman–Crippen LogP) is 2.01. The molecule has 0 unspecified atom stereocenters. The standard InChI is InChI=1S/C8H5FIN3/c9-6-1-2-8(7(10)3-6)13-5-11-4-12-13/h1-5H. The minimum atomic E-state index is -0.242. The predicted molar refractivity (Wildman–Crippen MR) is 54.0 cm³/mol. The van der Waals surface area contributed by atoms with Crippen LogP contribution in [-0.4, -0.2) is 14.8 Å². The number of hydrogen-bond donors (Lipinski definition) is 0. The number of aromatic nitrogens is 3. The Labute approximate surface area is 87.7 Å². The molecule has 1 aromatic carbocycles. The van der Waals surface area contributed by atoms with Gasteiger partial charge in [-0.05, 0) is 40.8 Å². The minimum absolute atomic E-state index is 0.242. The summed E-state index contributed by atoms with van der Waals surface area (Å²) in [6, 6.07) is 4.53. The lowest BCUT2D eigenvalue weighted by Gasteiger charge is -2.02. The van der Waals surface area contributed by atoms with Gasteiger partial charge in [-0.25, -0.2) is 14.1 Å². The van der Waals surface area contributed by atoms with E-state index in [4.69, 9.17) is 0 Å². The van der Waals surface area contributed by atoms with Crippen LogP contribution in [0, 0.1) is 9.39 Å². The molecule has 0 spiro atoms. The molecule has 13 heavy (non-hydrogen) atoms. The summed E-state index contributed by atoms with van der Waals surface area (Å²) in [6.07, 6.45) is 3.02. The zero-order valence-electron chi connectivity index (χ0n) is 6.48. The fourth-order valence-electron chi connectivity index (χ4n) is 1.000. The molecule has 0 atom stereocenters. The van der Waals surface area contributed by atoms with Gasteiger partial charge in [-0.2, -0.15) is 5.10 Å². The zero-order chi connectivity index (χ0) is 9.26. The summed E-state index contributed by atoms with van der Waals surface area (Å²) in [6.45, 7) is 0. The molecule has 2 rings (SSSR count). The summed E-state index contributed by atoms with van der Waals surface area (Å²) in [7, 11) is 0. The maximum atomic E-state index is 12.7. The molecule has 0 N–H and O–H groups in total. The molecule has 0 amide bonds. The van der Waals surface area contributed by atoms with E-state index in [2.05, 4.69) is 32.7 Å². The van der Waals surface area contributed by atoms with E-state index in [9.17, 15) is 4.39 Å². The molecule has 2 aromatic rings. The molecule has 0 radical (unpaired) electrons. The number of hydrogen-bond acceptors (Lipinski definition) is 2. The van der Waals surface area contributed by atoms with E-state index in [1.54, 1.807) is 17.1 Å². The smallest absolute Gasteiger partial charge is 0.138 e. The lowest BCUT2D eigenvalue weighted by Crippen LogP contribution is -1.97. The monoisotopic (exact) mass is 289 g/mol. The third kappa shape index (κ3) is 1.69. The topological polar surface area (TPSA) is 30.7 Å². The lowest BCUT2D eigenvalue weighted by molar-refractivity contribution is 0.626. The van der Waals surface area contributed by atoms with Crippen molar-refractivity contribution in [1.29, 1.82) is 0 Å². The highest BCUT2D eigenvalue weighted by atomic mass is 127. The number of rotatable bonds is 1. The highest BCUT2D eigenvalue weighted by Gasteiger charge is 2.03. The van der Waals surface area contributed by atoms with E-state index in [-0.39, 0.29) is 5.82 Å². The largest absolute Gasteiger partial charge is 0.223 e. The molecule has 0 fully saturated rings. The second-order valence-electron chi connectivity index (χ2n) is 2.44. The second-order valence-corrected chi connectivity index (χ2v) is 3.60. The van der Waals surface area contributed by atoms with Gasteiger partial charge in [-0.1, -0.05) is 0 Å². The van der Waals surface area contributed by atoms with Crippen LogP contribution in [0.4, 0.5) is 4.39 Å². The van der Waals surface area contributed by atoms with Crippen molar-refractivity contribution in [3.05, 3.63) is 40.2 Å². The minimum Gasteiger partial charge on any atom is -0.223 e. The van der Waals surface area contributed by atoms with Crippen LogP contribution >= 0.6 is 22.6 Å². The maximum absolute atomic E-state index is 12.7. The van der Waals surface area contributed by atoms with Crippen LogP contribution in [0.3, 0.4) is 0 Å². The van der Waals surface area contributed by atoms with Crippen LogP contribution in [0.25, 0.3) is 5.69 Å². The van der Waals surface area contributed by atoms with E-state index < -0.39 is 0 Å². The van der Waals surface area contributed by atoms with Crippen molar-refractivity contribution in [2.75, 3.05) is 0 Å². The quantitative estimate of drug-likeness (QED) is 0.752. The van der Waals surface area contributed by atoms with E-state index in [0.717, 1.165) is 9.26 Å². The third-order valence-electron chi connectivity index (χ3n) is 1.58. The summed E-state index contributed by atoms with van der Waals surface area (Å²) in [4.78, 5) is 3.82. The Hall–Kier alpha value is -0.980. The van der Waals surface area contributed by atoms with E-state index in [1.165, 1.54) is 18.5 Å². The molecule has 0 saturated carbocycles. The Morgan fingerprint density at radius 3 is 2.85 bits per heavy atom. The molecule has 0 aliphatic heterocycles. The number of benzene rings is 1. The molecule has 0 saturated heterocycles. The Kier molecular flexibility index (Phi) is 2.26. The van der Waals surface area contributed by atoms with Crippen molar-refractivity contribution < 1.29 is 4.39 Å². The molecule has 5 heteroatoms. The first-order valence-corrected chi connectivity index (χ1v) is 4.65. The van der Waals surface area contributed by atoms with Crippen molar-refractivity contribution >= 4 is 22.6 Å². The molecule has 0 aliphatic carbocycles. The maximum Gasteiger partial charge on any atom is 0.138 e. The average Bonchev–Trinajstić information content (AvgIpc) is 2.56. The van der Waals surface area contributed by atoms with E-state index in [0.29, 0.717) is 0 Å². The van der Waals surface area contributed by atoms with Gasteiger partial charge in [0, 0.05) is 3.57 Å². The molecule has 1 aromatic heterocycles. The SMILES string of the molecule is Fc1ccc(-n2cncn2)c(I)c1. The van der Waals surface area contributed by atoms with Gasteiger partial charge in [0.25, 0.3) is 0 Å². The summed E-state index contributed by atoms with van der Waals surface area (Å²) in [5, 5.41) is 3.96. The third-order valence-corrected chi connectivity index (χ3v) is 2.44. The van der Waals surface area contributed by atoms with Crippen LogP contribution in [0.15, 0.2) is 30.9 Å². The van der Waals surface area contributed by atoms with Gasteiger partial charge in [0.05, 0.1) is 5.69 Å². The average molecular weight is 289 g/mol. The first-order valence-electron chi connectivity index (χ1n) is 3.57. The van der Waals surface area contributed by atoms with Crippen molar-refractivity contribution in [2.24, 2.45) is 0 Å². The Morgan fingerprint density at radius 1 is 1.38 bits per heavy atom. The van der Waals surface area contributed by atoms with Crippen LogP contribution < -0.4 is 0 Å². The Balaban J connectivity index is 2.53. The molecule has 1 heterocycles. The number of halogens is 2. The summed E-state index contributed by atoms with van der Waals surface area (Å²) < 4.78 is 15.1. The van der Waals surface area contributed by atoms with Crippen LogP contribution in [0.1, 0.15) is 0 Å². The highest BCUT2D eigenvalue weighted by Crippen LogP contribution is 2.16. The Morgan fingerprint density at radius 2 is 2.23 bits per heavy atom. The summed E-state index contributed by atoms with van der Waals surface area (Å²) in [5.74, 6) is -0.242. The fourth-order valence-corrected chi connectivity index (χ4v) is 1.72. The lowest BCUT2D eigenvalue weighted by atomic mass is 10.3. The van der Waals surface area contributed by atoms with Crippen molar-refractivity contribution in [3.8, 4) is 5.69 Å². The molecular weight excluding hydrogens is 284 g/mol. The summed E-state index contributed by atoms with van der Waals surface area (Å²) >= 11 is 2.06. The van der Waals surface area contributed by atoms with Gasteiger partial charge in [0.15, 0.2) is 0 Å². The Bertz CT molecular complexity index is 413. The highest BCUT2D eigenvalue weighted by molar-refractivity contribution is 14.1. The molecular formula is C8H5FIN3. The molecule has 3 nitrogen and oxygen atoms in total. The van der Waals surface area contributed by atoms with Gasteiger partial charge < -0.3 is 0 Å². The van der Waals surface area contributed by atoms with Gasteiger partial charge in [-0.15, -0.1) is 0 Å². The van der Waals surface area contributed by atoms with Crippen molar-refractivity contribution in [1.82, 2.24) is 14.8 Å². The molecule has 0 bridgehead atoms. The van der Waals surface area contributed by atoms with Crippen LogP contribution in [0.2, 0.25) is 0 Å². The first kappa shape index (κ1) is 8.61. The molecule has 0 aliphatic rings. The van der Waals surface area contributed by atoms with Crippen molar-refractivity contribution in [2.45, 2.75) is 0 Å². The van der Waals surface area contributed by atoms with Gasteiger partial charge in [0.1, 0.15) is 18.5 Å². The second kappa shape index (κ2) is 3.41. The van der Waals surface area contributed by atoms with Crippen LogP contribution in [-0.2, 0) is 0 Å². The number of nitrogens with zero attached hydrogens (tertiary/aromatic N) is 3.